The average molecular weight is 442 g/mol. The lowest BCUT2D eigenvalue weighted by Crippen LogP contribution is -2.21. The first-order valence-electron chi connectivity index (χ1n) is 10.2. The second-order valence-electron chi connectivity index (χ2n) is 8.19. The third kappa shape index (κ3) is 3.50. The Morgan fingerprint density at radius 1 is 1.17 bits per heavy atom. The molecule has 6 heteroatoms. The van der Waals surface area contributed by atoms with Crippen molar-refractivity contribution in [3.05, 3.63) is 63.8 Å². The van der Waals surface area contributed by atoms with Crippen molar-refractivity contribution < 1.29 is 15.0 Å². The summed E-state index contributed by atoms with van der Waals surface area (Å²) >= 11 is 12.1. The minimum atomic E-state index is -0.834. The number of fused-ring (bicyclic) bond motifs is 1. The zero-order chi connectivity index (χ0) is 21.6. The van der Waals surface area contributed by atoms with Crippen molar-refractivity contribution >= 4 is 45.7 Å². The second kappa shape index (κ2) is 8.05. The fourth-order valence-corrected chi connectivity index (χ4v) is 5.31. The van der Waals surface area contributed by atoms with Crippen molar-refractivity contribution in [2.45, 2.75) is 45.4 Å². The van der Waals surface area contributed by atoms with Crippen LogP contribution >= 0.6 is 23.8 Å². The summed E-state index contributed by atoms with van der Waals surface area (Å²) in [4.78, 5) is 13.0. The Morgan fingerprint density at radius 2 is 1.80 bits per heavy atom. The lowest BCUT2D eigenvalue weighted by atomic mass is 9.83. The summed E-state index contributed by atoms with van der Waals surface area (Å²) in [5.74, 6) is -1.46. The number of aliphatic carboxylic acids is 1. The number of carboxylic acids is 1. The van der Waals surface area contributed by atoms with Crippen LogP contribution in [-0.4, -0.2) is 25.7 Å². The van der Waals surface area contributed by atoms with Gasteiger partial charge in [-0.1, -0.05) is 66.5 Å². The van der Waals surface area contributed by atoms with Gasteiger partial charge in [0.05, 0.1) is 16.5 Å². The van der Waals surface area contributed by atoms with E-state index in [0.29, 0.717) is 10.4 Å². The maximum atomic E-state index is 12.4. The molecule has 1 aromatic heterocycles. The number of carbonyl (C=O) groups is 1. The van der Waals surface area contributed by atoms with Crippen molar-refractivity contribution in [1.29, 1.82) is 0 Å². The minimum Gasteiger partial charge on any atom is -0.506 e. The lowest BCUT2D eigenvalue weighted by Gasteiger charge is -2.20. The number of rotatable bonds is 4. The van der Waals surface area contributed by atoms with Gasteiger partial charge in [-0.2, -0.15) is 0 Å². The Morgan fingerprint density at radius 3 is 2.40 bits per heavy atom. The quantitative estimate of drug-likeness (QED) is 0.473. The molecule has 1 unspecified atom stereocenters. The number of hydrogen-bond donors (Lipinski definition) is 2. The molecular formula is C24H24ClNO3S. The molecule has 1 saturated carbocycles. The van der Waals surface area contributed by atoms with Gasteiger partial charge in [-0.15, -0.1) is 0 Å². The predicted molar refractivity (Wildman–Crippen MR) is 124 cm³/mol. The van der Waals surface area contributed by atoms with E-state index in [4.69, 9.17) is 23.8 Å². The number of aromatic nitrogens is 1. The molecule has 1 aliphatic carbocycles. The van der Waals surface area contributed by atoms with E-state index in [1.807, 2.05) is 42.7 Å². The molecule has 2 N–H and O–H groups in total. The highest BCUT2D eigenvalue weighted by Crippen LogP contribution is 2.44. The van der Waals surface area contributed by atoms with E-state index in [1.165, 1.54) is 0 Å². The molecule has 30 heavy (non-hydrogen) atoms. The second-order valence-corrected chi connectivity index (χ2v) is 8.98. The number of phenols is 1. The topological polar surface area (TPSA) is 62.5 Å². The van der Waals surface area contributed by atoms with E-state index in [1.54, 1.807) is 12.1 Å². The summed E-state index contributed by atoms with van der Waals surface area (Å²) in [6.45, 7) is 3.93. The highest BCUT2D eigenvalue weighted by atomic mass is 35.5. The fourth-order valence-electron chi connectivity index (χ4n) is 4.78. The third-order valence-electron chi connectivity index (χ3n) is 6.27. The number of hydrogen-bond acceptors (Lipinski definition) is 3. The van der Waals surface area contributed by atoms with E-state index in [-0.39, 0.29) is 16.7 Å². The van der Waals surface area contributed by atoms with Crippen LogP contribution in [0.15, 0.2) is 36.4 Å². The molecule has 156 valence electrons. The van der Waals surface area contributed by atoms with E-state index < -0.39 is 11.9 Å². The number of halogens is 1. The van der Waals surface area contributed by atoms with Gasteiger partial charge in [0.1, 0.15) is 10.7 Å². The summed E-state index contributed by atoms with van der Waals surface area (Å²) in [6.07, 6.45) is 3.88. The first-order valence-corrected chi connectivity index (χ1v) is 11.0. The fraction of sp³-hybridized carbons (Fsp3) is 0.333. The molecular weight excluding hydrogens is 418 g/mol. The number of aryl methyl sites for hydroxylation is 1. The van der Waals surface area contributed by atoms with Gasteiger partial charge in [-0.05, 0) is 50.3 Å². The smallest absolute Gasteiger partial charge is 0.311 e. The number of phenolic OH excluding ortho intramolecular Hbond substituents is 1. The maximum absolute atomic E-state index is 12.4. The van der Waals surface area contributed by atoms with Crippen LogP contribution in [-0.2, 0) is 4.79 Å². The predicted octanol–water partition coefficient (Wildman–Crippen LogP) is 6.20. The van der Waals surface area contributed by atoms with E-state index in [2.05, 4.69) is 0 Å². The molecule has 0 amide bonds. The molecule has 4 rings (SSSR count). The van der Waals surface area contributed by atoms with Gasteiger partial charge in [0.2, 0.25) is 0 Å². The highest BCUT2D eigenvalue weighted by molar-refractivity contribution is 7.80. The van der Waals surface area contributed by atoms with Crippen LogP contribution < -0.4 is 0 Å². The van der Waals surface area contributed by atoms with Crippen molar-refractivity contribution in [3.63, 3.8) is 0 Å². The number of thiocarbonyl (C=S) groups is 1. The molecule has 1 atom stereocenters. The summed E-state index contributed by atoms with van der Waals surface area (Å²) in [5, 5.41) is 21.4. The standard InChI is InChI=1S/C24H24ClNO3S/c1-13-7-9-16(10-8-13)23(30)26-14(2)21(17-11-20(27)18(25)12-19(17)26)22(24(28)29)15-5-3-4-6-15/h7-12,15,22,27H,3-6H2,1-2H3,(H,28,29). The monoisotopic (exact) mass is 441 g/mol. The van der Waals surface area contributed by atoms with Crippen LogP contribution in [0.5, 0.6) is 5.75 Å². The molecule has 1 fully saturated rings. The van der Waals surface area contributed by atoms with Gasteiger partial charge in [0.15, 0.2) is 0 Å². The van der Waals surface area contributed by atoms with Crippen molar-refractivity contribution in [2.24, 2.45) is 5.92 Å². The Bertz CT molecular complexity index is 1140. The Hall–Kier alpha value is -2.37. The summed E-state index contributed by atoms with van der Waals surface area (Å²) in [6, 6.07) is 11.2. The third-order valence-corrected chi connectivity index (χ3v) is 6.99. The molecule has 0 radical (unpaired) electrons. The number of nitrogens with zero attached hydrogens (tertiary/aromatic N) is 1. The largest absolute Gasteiger partial charge is 0.506 e. The molecule has 4 nitrogen and oxygen atoms in total. The van der Waals surface area contributed by atoms with E-state index in [0.717, 1.165) is 53.6 Å². The maximum Gasteiger partial charge on any atom is 0.311 e. The minimum absolute atomic E-state index is 0.0561. The molecule has 1 heterocycles. The summed E-state index contributed by atoms with van der Waals surface area (Å²) in [5.41, 5.74) is 4.25. The molecule has 2 aromatic carbocycles. The Balaban J connectivity index is 1.98. The van der Waals surface area contributed by atoms with Gasteiger partial charge in [0.25, 0.3) is 0 Å². The van der Waals surface area contributed by atoms with Crippen LogP contribution in [0.1, 0.15) is 54.0 Å². The number of carboxylic acid groups (broad SMARTS) is 1. The molecule has 0 aliphatic heterocycles. The number of benzene rings is 2. The van der Waals surface area contributed by atoms with Crippen LogP contribution in [0.3, 0.4) is 0 Å². The van der Waals surface area contributed by atoms with Crippen molar-refractivity contribution in [3.8, 4) is 5.75 Å². The first kappa shape index (κ1) is 20.9. The van der Waals surface area contributed by atoms with Crippen molar-refractivity contribution in [1.82, 2.24) is 4.57 Å². The van der Waals surface area contributed by atoms with Gasteiger partial charge >= 0.3 is 5.97 Å². The Labute approximate surface area is 186 Å². The Kier molecular flexibility index (Phi) is 5.60. The van der Waals surface area contributed by atoms with Gasteiger partial charge in [-0.3, -0.25) is 4.79 Å². The number of aromatic hydroxyl groups is 1. The summed E-state index contributed by atoms with van der Waals surface area (Å²) in [7, 11) is 0. The zero-order valence-corrected chi connectivity index (χ0v) is 18.6. The van der Waals surface area contributed by atoms with Crippen LogP contribution in [0.25, 0.3) is 10.9 Å². The first-order chi connectivity index (χ1) is 14.3. The average Bonchev–Trinajstić information content (AvgIpc) is 3.31. The van der Waals surface area contributed by atoms with Gasteiger partial charge < -0.3 is 14.8 Å². The van der Waals surface area contributed by atoms with E-state index in [9.17, 15) is 15.0 Å². The molecule has 3 aromatic rings. The van der Waals surface area contributed by atoms with Crippen LogP contribution in [0, 0.1) is 19.8 Å². The highest BCUT2D eigenvalue weighted by Gasteiger charge is 2.36. The van der Waals surface area contributed by atoms with Gasteiger partial charge in [0, 0.05) is 16.6 Å². The van der Waals surface area contributed by atoms with E-state index >= 15 is 0 Å². The van der Waals surface area contributed by atoms with Crippen LogP contribution in [0.2, 0.25) is 5.02 Å². The summed E-state index contributed by atoms with van der Waals surface area (Å²) < 4.78 is 1.90. The normalized spacial score (nSPS) is 15.6. The molecule has 1 aliphatic rings. The molecule has 0 spiro atoms. The molecule has 0 saturated heterocycles. The zero-order valence-electron chi connectivity index (χ0n) is 17.0. The lowest BCUT2D eigenvalue weighted by molar-refractivity contribution is -0.140. The SMILES string of the molecule is Cc1ccc(C(=S)n2c(C)c(C(C(=O)O)C3CCCC3)c3cc(O)c(Cl)cc32)cc1. The van der Waals surface area contributed by atoms with Crippen molar-refractivity contribution in [2.75, 3.05) is 0 Å². The van der Waals surface area contributed by atoms with Crippen LogP contribution in [0.4, 0.5) is 0 Å². The molecule has 0 bridgehead atoms. The van der Waals surface area contributed by atoms with Gasteiger partial charge in [-0.25, -0.2) is 0 Å².